The molecule has 0 heterocycles. The number of carbonyl (C=O) groups is 1. The molecule has 5 heteroatoms. The number of hydrogen-bond donors (Lipinski definition) is 0. The Kier molecular flexibility index (Phi) is 3.71. The van der Waals surface area contributed by atoms with Crippen LogP contribution in [0.3, 0.4) is 0 Å². The number of ketones is 1. The summed E-state index contributed by atoms with van der Waals surface area (Å²) in [6.45, 7) is 0. The molecule has 4 nitrogen and oxygen atoms in total. The molecular weight excluding hydrogens is 252 g/mol. The van der Waals surface area contributed by atoms with Crippen molar-refractivity contribution in [2.24, 2.45) is 0 Å². The summed E-state index contributed by atoms with van der Waals surface area (Å²) in [5.41, 5.74) is 0. The maximum absolute atomic E-state index is 11.4. The monoisotopic (exact) mass is 268 g/mol. The van der Waals surface area contributed by atoms with E-state index >= 15 is 0 Å². The molecule has 0 bridgehead atoms. The smallest absolute Gasteiger partial charge is 0.175 e. The Morgan fingerprint density at radius 2 is 2.11 bits per heavy atom. The van der Waals surface area contributed by atoms with E-state index < -0.39 is 9.84 Å². The van der Waals surface area contributed by atoms with Crippen LogP contribution in [0.25, 0.3) is 0 Å². The Labute approximate surface area is 107 Å². The van der Waals surface area contributed by atoms with Crippen molar-refractivity contribution in [1.29, 1.82) is 0 Å². The molecule has 1 fully saturated rings. The Balaban J connectivity index is 2.12. The van der Waals surface area contributed by atoms with Gasteiger partial charge in [-0.2, -0.15) is 0 Å². The van der Waals surface area contributed by atoms with Crippen LogP contribution >= 0.6 is 0 Å². The van der Waals surface area contributed by atoms with Crippen LogP contribution in [0.4, 0.5) is 0 Å². The molecule has 1 aromatic rings. The van der Waals surface area contributed by atoms with Gasteiger partial charge in [0.1, 0.15) is 17.6 Å². The molecule has 0 aromatic heterocycles. The normalized spacial score (nSPS) is 20.7. The second kappa shape index (κ2) is 5.10. The van der Waals surface area contributed by atoms with E-state index in [0.29, 0.717) is 18.6 Å². The van der Waals surface area contributed by atoms with Gasteiger partial charge in [0.25, 0.3) is 0 Å². The molecule has 18 heavy (non-hydrogen) atoms. The van der Waals surface area contributed by atoms with Gasteiger partial charge in [-0.15, -0.1) is 0 Å². The second-order valence-electron chi connectivity index (χ2n) is 4.62. The Hall–Kier alpha value is -1.36. The first-order valence-electron chi connectivity index (χ1n) is 5.93. The van der Waals surface area contributed by atoms with E-state index in [4.69, 9.17) is 4.74 Å². The van der Waals surface area contributed by atoms with E-state index in [1.807, 2.05) is 0 Å². The van der Waals surface area contributed by atoms with E-state index in [0.717, 1.165) is 19.1 Å². The Morgan fingerprint density at radius 1 is 1.33 bits per heavy atom. The van der Waals surface area contributed by atoms with Crippen LogP contribution in [-0.2, 0) is 14.6 Å². The molecule has 1 unspecified atom stereocenters. The fraction of sp³-hybridized carbons (Fsp3) is 0.462. The lowest BCUT2D eigenvalue weighted by Crippen LogP contribution is -2.25. The number of benzene rings is 1. The molecule has 0 amide bonds. The van der Waals surface area contributed by atoms with Crippen molar-refractivity contribution < 1.29 is 17.9 Å². The average Bonchev–Trinajstić information content (AvgIpc) is 2.28. The largest absolute Gasteiger partial charge is 0.490 e. The number of rotatable bonds is 3. The predicted molar refractivity (Wildman–Crippen MR) is 67.4 cm³/mol. The minimum absolute atomic E-state index is 0.124. The highest BCUT2D eigenvalue weighted by atomic mass is 32.2. The van der Waals surface area contributed by atoms with Crippen molar-refractivity contribution in [2.75, 3.05) is 6.26 Å². The highest BCUT2D eigenvalue weighted by molar-refractivity contribution is 7.90. The van der Waals surface area contributed by atoms with E-state index in [9.17, 15) is 13.2 Å². The Bertz CT molecular complexity index is 548. The minimum atomic E-state index is -3.22. The maximum atomic E-state index is 11.4. The van der Waals surface area contributed by atoms with Crippen LogP contribution in [0.1, 0.15) is 25.7 Å². The molecule has 1 aromatic carbocycles. The van der Waals surface area contributed by atoms with Gasteiger partial charge in [0, 0.05) is 19.1 Å². The van der Waals surface area contributed by atoms with Crippen molar-refractivity contribution in [3.8, 4) is 5.75 Å². The number of sulfone groups is 1. The van der Waals surface area contributed by atoms with Crippen molar-refractivity contribution in [3.05, 3.63) is 24.3 Å². The van der Waals surface area contributed by atoms with E-state index in [1.165, 1.54) is 12.1 Å². The number of Topliss-reactive ketones (excluding diaryl/α,β-unsaturated/α-hetero) is 1. The van der Waals surface area contributed by atoms with Gasteiger partial charge >= 0.3 is 0 Å². The van der Waals surface area contributed by atoms with Gasteiger partial charge in [0.05, 0.1) is 4.90 Å². The van der Waals surface area contributed by atoms with Gasteiger partial charge in [-0.3, -0.25) is 4.79 Å². The van der Waals surface area contributed by atoms with E-state index in [1.54, 1.807) is 12.1 Å². The standard InChI is InChI=1S/C13H16O4S/c1-18(15,16)13-7-3-6-12(9-13)17-11-5-2-4-10(14)8-11/h3,6-7,9,11H,2,4-5,8H2,1H3. The molecule has 0 saturated heterocycles. The molecule has 0 radical (unpaired) electrons. The van der Waals surface area contributed by atoms with Gasteiger partial charge in [0.15, 0.2) is 9.84 Å². The summed E-state index contributed by atoms with van der Waals surface area (Å²) in [5, 5.41) is 0. The summed E-state index contributed by atoms with van der Waals surface area (Å²) in [6.07, 6.45) is 3.77. The van der Waals surface area contributed by atoms with Crippen molar-refractivity contribution in [2.45, 2.75) is 36.7 Å². The third-order valence-corrected chi connectivity index (χ3v) is 4.08. The Morgan fingerprint density at radius 3 is 2.78 bits per heavy atom. The van der Waals surface area contributed by atoms with Crippen molar-refractivity contribution in [3.63, 3.8) is 0 Å². The van der Waals surface area contributed by atoms with Gasteiger partial charge in [-0.1, -0.05) is 6.07 Å². The highest BCUT2D eigenvalue weighted by Crippen LogP contribution is 2.23. The first-order valence-corrected chi connectivity index (χ1v) is 7.83. The summed E-state index contributed by atoms with van der Waals surface area (Å²) in [5.74, 6) is 0.725. The van der Waals surface area contributed by atoms with Crippen LogP contribution in [0.5, 0.6) is 5.75 Å². The molecule has 0 spiro atoms. The predicted octanol–water partition coefficient (Wildman–Crippen LogP) is 1.98. The lowest BCUT2D eigenvalue weighted by molar-refractivity contribution is -0.122. The van der Waals surface area contributed by atoms with E-state index in [-0.39, 0.29) is 16.8 Å². The molecule has 0 aliphatic heterocycles. The number of ether oxygens (including phenoxy) is 1. The summed E-state index contributed by atoms with van der Waals surface area (Å²) in [4.78, 5) is 11.6. The second-order valence-corrected chi connectivity index (χ2v) is 6.64. The zero-order valence-electron chi connectivity index (χ0n) is 10.3. The van der Waals surface area contributed by atoms with Gasteiger partial charge < -0.3 is 4.74 Å². The molecule has 2 rings (SSSR count). The zero-order chi connectivity index (χ0) is 13.2. The summed E-state index contributed by atoms with van der Waals surface area (Å²) < 4.78 is 28.5. The van der Waals surface area contributed by atoms with E-state index in [2.05, 4.69) is 0 Å². The molecule has 0 N–H and O–H groups in total. The van der Waals surface area contributed by atoms with Gasteiger partial charge in [-0.25, -0.2) is 8.42 Å². The lowest BCUT2D eigenvalue weighted by Gasteiger charge is -2.22. The lowest BCUT2D eigenvalue weighted by atomic mass is 9.96. The SMILES string of the molecule is CS(=O)(=O)c1cccc(OC2CCCC(=O)C2)c1. The molecular formula is C13H16O4S. The summed E-state index contributed by atoms with van der Waals surface area (Å²) >= 11 is 0. The van der Waals surface area contributed by atoms with Crippen molar-refractivity contribution in [1.82, 2.24) is 0 Å². The highest BCUT2D eigenvalue weighted by Gasteiger charge is 2.21. The molecule has 1 aliphatic carbocycles. The van der Waals surface area contributed by atoms with Gasteiger partial charge in [0.2, 0.25) is 0 Å². The minimum Gasteiger partial charge on any atom is -0.490 e. The summed E-state index contributed by atoms with van der Waals surface area (Å²) in [6, 6.07) is 6.41. The van der Waals surface area contributed by atoms with Crippen LogP contribution in [0, 0.1) is 0 Å². The molecule has 1 atom stereocenters. The van der Waals surface area contributed by atoms with Crippen LogP contribution < -0.4 is 4.74 Å². The molecule has 98 valence electrons. The topological polar surface area (TPSA) is 60.4 Å². The van der Waals surface area contributed by atoms with Gasteiger partial charge in [-0.05, 0) is 31.0 Å². The zero-order valence-corrected chi connectivity index (χ0v) is 11.1. The third kappa shape index (κ3) is 3.32. The van der Waals surface area contributed by atoms with Crippen LogP contribution in [0.15, 0.2) is 29.2 Å². The quantitative estimate of drug-likeness (QED) is 0.841. The van der Waals surface area contributed by atoms with Crippen molar-refractivity contribution >= 4 is 15.6 Å². The average molecular weight is 268 g/mol. The number of carbonyl (C=O) groups excluding carboxylic acids is 1. The third-order valence-electron chi connectivity index (χ3n) is 2.97. The first kappa shape index (κ1) is 13.1. The first-order chi connectivity index (χ1) is 8.45. The fourth-order valence-electron chi connectivity index (χ4n) is 2.06. The summed E-state index contributed by atoms with van der Waals surface area (Å²) in [7, 11) is -3.22. The number of hydrogen-bond acceptors (Lipinski definition) is 4. The molecule has 1 saturated carbocycles. The maximum Gasteiger partial charge on any atom is 0.175 e. The van der Waals surface area contributed by atoms with Crippen LogP contribution in [-0.4, -0.2) is 26.6 Å². The molecule has 1 aliphatic rings. The fourth-order valence-corrected chi connectivity index (χ4v) is 2.71. The van der Waals surface area contributed by atoms with Crippen LogP contribution in [0.2, 0.25) is 0 Å².